The van der Waals surface area contributed by atoms with Crippen molar-refractivity contribution in [2.24, 2.45) is 5.73 Å². The van der Waals surface area contributed by atoms with Gasteiger partial charge in [0.15, 0.2) is 0 Å². The molecule has 5 atom stereocenters. The zero-order chi connectivity index (χ0) is 50.7. The third-order valence-electron chi connectivity index (χ3n) is 11.1. The molecule has 0 unspecified atom stereocenters. The van der Waals surface area contributed by atoms with Crippen LogP contribution in [0.1, 0.15) is 75.5 Å². The summed E-state index contributed by atoms with van der Waals surface area (Å²) in [4.78, 5) is 111. The van der Waals surface area contributed by atoms with E-state index < -0.39 is 101 Å². The number of rotatable bonds is 28. The molecule has 0 aliphatic heterocycles. The molecule has 0 bridgehead atoms. The molecule has 1 aromatic heterocycles. The maximum Gasteiger partial charge on any atom is 0.446 e. The number of unbranched alkanes of at least 4 members (excludes halogenated alkanes) is 2. The van der Waals surface area contributed by atoms with E-state index >= 15 is 0 Å². The monoisotopic (exact) mass is 993 g/mol. The van der Waals surface area contributed by atoms with E-state index in [1.807, 2.05) is 32.0 Å². The number of hydrogen-bond acceptors (Lipinski definition) is 12. The normalized spacial score (nSPS) is 13.2. The third kappa shape index (κ3) is 18.3. The number of carboxylic acid groups (broad SMARTS) is 1. The van der Waals surface area contributed by atoms with Crippen LogP contribution in [-0.4, -0.2) is 119 Å². The number of carbonyl (C=O) groups is 8. The lowest BCUT2D eigenvalue weighted by Crippen LogP contribution is -2.59. The summed E-state index contributed by atoms with van der Waals surface area (Å²) in [5.74, 6) is -7.09. The molecule has 4 aromatic rings. The molecule has 7 amide bonds. The molecule has 1 heterocycles. The summed E-state index contributed by atoms with van der Waals surface area (Å²) in [7, 11) is -3.54. The Balaban J connectivity index is 0.0000130. The van der Waals surface area contributed by atoms with Gasteiger partial charge < -0.3 is 57.6 Å². The largest absolute Gasteiger partial charge is 0.481 e. The third-order valence-corrected chi connectivity index (χ3v) is 11.5. The summed E-state index contributed by atoms with van der Waals surface area (Å²) in [6, 6.07) is 14.6. The molecular formula is C47H63N9O13S. The molecular weight excluding hydrogens is 931 g/mol. The average Bonchev–Trinajstić information content (AvgIpc) is 3.71. The van der Waals surface area contributed by atoms with Gasteiger partial charge in [0, 0.05) is 37.0 Å². The summed E-state index contributed by atoms with van der Waals surface area (Å²) in [6.45, 7) is 3.12. The first-order chi connectivity index (χ1) is 32.8. The Hall–Kier alpha value is -7.37. The van der Waals surface area contributed by atoms with E-state index in [1.54, 1.807) is 42.6 Å². The van der Waals surface area contributed by atoms with Crippen molar-refractivity contribution >= 4 is 68.6 Å². The van der Waals surface area contributed by atoms with E-state index in [4.69, 9.17) is 10.3 Å². The van der Waals surface area contributed by atoms with E-state index in [1.165, 1.54) is 31.3 Å². The number of nitrogens with zero attached hydrogens (tertiary/aromatic N) is 1. The lowest BCUT2D eigenvalue weighted by Gasteiger charge is -2.31. The van der Waals surface area contributed by atoms with Crippen molar-refractivity contribution in [3.05, 3.63) is 102 Å². The number of para-hydroxylation sites is 1. The molecule has 23 heteroatoms. The lowest BCUT2D eigenvalue weighted by molar-refractivity contribution is -0.147. The van der Waals surface area contributed by atoms with Crippen LogP contribution in [0.4, 0.5) is 0 Å². The number of aliphatic carboxylic acids is 1. The number of H-pyrrole nitrogens is 1. The van der Waals surface area contributed by atoms with Crippen molar-refractivity contribution in [2.75, 3.05) is 13.6 Å². The zero-order valence-electron chi connectivity index (χ0n) is 39.3. The summed E-state index contributed by atoms with van der Waals surface area (Å²) in [5, 5.41) is 23.6. The van der Waals surface area contributed by atoms with Gasteiger partial charge in [-0.2, -0.15) is 8.42 Å². The molecule has 70 heavy (non-hydrogen) atoms. The fourth-order valence-electron chi connectivity index (χ4n) is 7.41. The SMILES string of the molecule is CCCC[C@H](NC(=O)Cc1ccc(OS(=O)(=O)O)cc1)C(=O)NCC(=O)N[C@@H](Cc1c[nH]c2ccccc12)C(=O)N[C@@H](CCCC)C(=O)N(C)[C@@H](CC(=O)O)C(=O)N[C@@H](Cc1ccccc1)C(N)=O.N. The van der Waals surface area contributed by atoms with Gasteiger partial charge in [0.05, 0.1) is 19.4 Å². The standard InChI is InChI=1S/C47H60N8O13S.H3N/c1-4-6-16-35(51-40(56)24-30-19-21-32(22-20-30)68-69(65,66)67)44(61)50-28-41(57)52-38(25-31-27-49-34-18-12-11-15-33(31)34)45(62)53-36(17-7-5-2)47(64)55(3)39(26-42(58)59)46(63)54-37(43(48)60)23-29-13-9-8-10-14-29;/h8-15,18-22,27,35-39,49H,4-7,16-17,23-26,28H2,1-3H3,(H2,48,60)(H,50,61)(H,51,56)(H,52,57)(H,53,62)(H,54,63)(H,58,59)(H,65,66,67);1H3/t35-,36-,37-,38-,39-;/m0./s1. The number of aromatic amines is 1. The number of fused-ring (bicyclic) bond motifs is 1. The van der Waals surface area contributed by atoms with Gasteiger partial charge in [-0.15, -0.1) is 0 Å². The Morgan fingerprint density at radius 2 is 1.31 bits per heavy atom. The van der Waals surface area contributed by atoms with Crippen molar-refractivity contribution in [3.63, 3.8) is 0 Å². The number of nitrogens with two attached hydrogens (primary N) is 1. The lowest BCUT2D eigenvalue weighted by atomic mass is 10.0. The number of aromatic nitrogens is 1. The summed E-state index contributed by atoms with van der Waals surface area (Å²) in [5.41, 5.74) is 8.08. The van der Waals surface area contributed by atoms with Crippen LogP contribution in [0.15, 0.2) is 85.1 Å². The van der Waals surface area contributed by atoms with Crippen LogP contribution in [0, 0.1) is 0 Å². The molecule has 0 fully saturated rings. The molecule has 0 radical (unpaired) electrons. The number of nitrogens with one attached hydrogen (secondary N) is 6. The highest BCUT2D eigenvalue weighted by Crippen LogP contribution is 2.20. The van der Waals surface area contributed by atoms with Crippen molar-refractivity contribution in [1.29, 1.82) is 0 Å². The van der Waals surface area contributed by atoms with Crippen LogP contribution >= 0.6 is 0 Å². The second kappa shape index (κ2) is 27.6. The average molecular weight is 994 g/mol. The number of likely N-dealkylation sites (N-methyl/N-ethyl adjacent to an activating group) is 1. The van der Waals surface area contributed by atoms with Gasteiger partial charge in [0.1, 0.15) is 36.0 Å². The summed E-state index contributed by atoms with van der Waals surface area (Å²) >= 11 is 0. The Morgan fingerprint density at radius 1 is 0.714 bits per heavy atom. The van der Waals surface area contributed by atoms with E-state index in [9.17, 15) is 51.9 Å². The highest BCUT2D eigenvalue weighted by atomic mass is 32.3. The predicted molar refractivity (Wildman–Crippen MR) is 257 cm³/mol. The number of benzene rings is 3. The van der Waals surface area contributed by atoms with Crippen LogP contribution in [0.5, 0.6) is 5.75 Å². The molecule has 0 aliphatic rings. The Bertz CT molecular complexity index is 2540. The summed E-state index contributed by atoms with van der Waals surface area (Å²) < 4.78 is 35.3. The van der Waals surface area contributed by atoms with Crippen LogP contribution < -0.4 is 42.7 Å². The molecule has 22 nitrogen and oxygen atoms in total. The van der Waals surface area contributed by atoms with Gasteiger partial charge in [-0.1, -0.05) is 100 Å². The maximum atomic E-state index is 14.3. The second-order valence-corrected chi connectivity index (χ2v) is 17.4. The number of hydrogen-bond donors (Lipinski definition) is 10. The van der Waals surface area contributed by atoms with Crippen molar-refractivity contribution in [1.82, 2.24) is 42.6 Å². The van der Waals surface area contributed by atoms with Gasteiger partial charge in [0.25, 0.3) is 0 Å². The first-order valence-corrected chi connectivity index (χ1v) is 23.7. The minimum absolute atomic E-state index is 0. The minimum Gasteiger partial charge on any atom is -0.481 e. The second-order valence-electron chi connectivity index (χ2n) is 16.4. The Morgan fingerprint density at radius 3 is 1.93 bits per heavy atom. The quantitative estimate of drug-likeness (QED) is 0.0363. The number of primary amides is 1. The molecule has 380 valence electrons. The molecule has 13 N–H and O–H groups in total. The van der Waals surface area contributed by atoms with Crippen molar-refractivity contribution in [2.45, 2.75) is 108 Å². The van der Waals surface area contributed by atoms with Gasteiger partial charge in [-0.25, -0.2) is 0 Å². The predicted octanol–water partition coefficient (Wildman–Crippen LogP) is 1.76. The first kappa shape index (κ1) is 57.0. The molecule has 0 spiro atoms. The van der Waals surface area contributed by atoms with E-state index in [0.29, 0.717) is 42.4 Å². The zero-order valence-corrected chi connectivity index (χ0v) is 40.1. The van der Waals surface area contributed by atoms with E-state index in [0.717, 1.165) is 15.8 Å². The number of amides is 7. The fourth-order valence-corrected chi connectivity index (χ4v) is 7.76. The van der Waals surface area contributed by atoms with Crippen LogP contribution in [0.2, 0.25) is 0 Å². The molecule has 0 saturated carbocycles. The van der Waals surface area contributed by atoms with Crippen LogP contribution in [0.3, 0.4) is 0 Å². The topological polar surface area (TPSA) is 361 Å². The van der Waals surface area contributed by atoms with Gasteiger partial charge >= 0.3 is 16.4 Å². The Labute approximate surface area is 405 Å². The minimum atomic E-state index is -4.75. The highest BCUT2D eigenvalue weighted by Gasteiger charge is 2.36. The van der Waals surface area contributed by atoms with Gasteiger partial charge in [-0.3, -0.25) is 42.9 Å². The number of carbonyl (C=O) groups excluding carboxylic acids is 7. The van der Waals surface area contributed by atoms with Crippen molar-refractivity contribution in [3.8, 4) is 5.75 Å². The first-order valence-electron chi connectivity index (χ1n) is 22.4. The Kier molecular flexibility index (Phi) is 22.4. The molecule has 0 saturated heterocycles. The smallest absolute Gasteiger partial charge is 0.446 e. The van der Waals surface area contributed by atoms with E-state index in [-0.39, 0.29) is 44.0 Å². The molecule has 0 aliphatic carbocycles. The maximum absolute atomic E-state index is 14.3. The van der Waals surface area contributed by atoms with Crippen LogP contribution in [-0.2, 0) is 68.0 Å². The van der Waals surface area contributed by atoms with Gasteiger partial charge in [0.2, 0.25) is 41.4 Å². The highest BCUT2D eigenvalue weighted by molar-refractivity contribution is 7.81. The van der Waals surface area contributed by atoms with Gasteiger partial charge in [-0.05, 0) is 47.7 Å². The van der Waals surface area contributed by atoms with E-state index in [2.05, 4.69) is 35.8 Å². The number of carboxylic acids is 1. The summed E-state index contributed by atoms with van der Waals surface area (Å²) in [6.07, 6.45) is 3.02. The fraction of sp³-hybridized carbons (Fsp3) is 0.404. The molecule has 4 rings (SSSR count). The van der Waals surface area contributed by atoms with Crippen LogP contribution in [0.25, 0.3) is 10.9 Å². The van der Waals surface area contributed by atoms with Crippen molar-refractivity contribution < 1.29 is 60.6 Å². The molecule has 3 aromatic carbocycles.